The second-order valence-corrected chi connectivity index (χ2v) is 15.6. The van der Waals surface area contributed by atoms with E-state index in [1.807, 2.05) is 78.9 Å². The molecule has 0 aliphatic heterocycles. The molecule has 270 valence electrons. The molecule has 11 rings (SSSR count). The molecular weight excluding hydrogens is 721 g/mol. The average Bonchev–Trinajstić information content (AvgIpc) is 3.26. The number of ether oxygens (including phenoxy) is 2. The highest BCUT2D eigenvalue weighted by atomic mass is 32.2. The predicted octanol–water partition coefficient (Wildman–Crippen LogP) is 13.3. The molecule has 11 aromatic carbocycles. The summed E-state index contributed by atoms with van der Waals surface area (Å²) in [6.07, 6.45) is 0. The molecule has 0 aliphatic carbocycles. The zero-order valence-electron chi connectivity index (χ0n) is 30.6. The Kier molecular flexibility index (Phi) is 7.83. The molecule has 0 heterocycles. The molecule has 0 spiro atoms. The Morgan fingerprint density at radius 3 is 1.39 bits per heavy atom. The molecule has 0 bridgehead atoms. The summed E-state index contributed by atoms with van der Waals surface area (Å²) in [6, 6.07) is 57.1. The number of para-hydroxylation sites is 2. The zero-order valence-corrected chi connectivity index (χ0v) is 31.4. The van der Waals surface area contributed by atoms with Crippen molar-refractivity contribution in [2.24, 2.45) is 0 Å². The van der Waals surface area contributed by atoms with Gasteiger partial charge in [-0.3, -0.25) is 9.59 Å². The zero-order chi connectivity index (χ0) is 38.0. The van der Waals surface area contributed by atoms with E-state index in [0.29, 0.717) is 22.6 Å². The summed E-state index contributed by atoms with van der Waals surface area (Å²) in [4.78, 5) is 29.5. The number of Topliss-reactive ketones (excluding diaryl/α,β-unsaturated/α-hetero) is 2. The minimum atomic E-state index is -0.117. The fourth-order valence-electron chi connectivity index (χ4n) is 8.74. The molecule has 11 aromatic rings. The summed E-state index contributed by atoms with van der Waals surface area (Å²) >= 11 is 1.48. The average molecular weight is 753 g/mol. The largest absolute Gasteiger partial charge is 0.484 e. The lowest BCUT2D eigenvalue weighted by Crippen LogP contribution is -2.13. The predicted molar refractivity (Wildman–Crippen MR) is 234 cm³/mol. The van der Waals surface area contributed by atoms with E-state index in [-0.39, 0.29) is 24.8 Å². The van der Waals surface area contributed by atoms with Crippen molar-refractivity contribution in [2.75, 3.05) is 13.2 Å². The van der Waals surface area contributed by atoms with Gasteiger partial charge in [0.1, 0.15) is 11.5 Å². The van der Waals surface area contributed by atoms with E-state index in [4.69, 9.17) is 9.47 Å². The van der Waals surface area contributed by atoms with Crippen molar-refractivity contribution in [2.45, 2.75) is 9.79 Å². The molecule has 0 saturated carbocycles. The molecule has 0 atom stereocenters. The van der Waals surface area contributed by atoms with Crippen LogP contribution in [0.2, 0.25) is 0 Å². The number of hydrogen-bond donors (Lipinski definition) is 0. The Labute approximate surface area is 331 Å². The quantitative estimate of drug-likeness (QED) is 0.0791. The summed E-state index contributed by atoms with van der Waals surface area (Å²) in [5.74, 6) is 1.01. The maximum Gasteiger partial charge on any atom is 0.200 e. The Morgan fingerprint density at radius 2 is 0.754 bits per heavy atom. The molecule has 57 heavy (non-hydrogen) atoms. The van der Waals surface area contributed by atoms with Crippen LogP contribution in [0.5, 0.6) is 11.5 Å². The lowest BCUT2D eigenvalue weighted by atomic mass is 9.88. The van der Waals surface area contributed by atoms with Gasteiger partial charge in [0, 0.05) is 11.1 Å². The first kappa shape index (κ1) is 33.4. The van der Waals surface area contributed by atoms with Crippen molar-refractivity contribution in [3.63, 3.8) is 0 Å². The fraction of sp³-hybridized carbons (Fsp3) is 0.0385. The van der Waals surface area contributed by atoms with Gasteiger partial charge in [0.25, 0.3) is 0 Å². The maximum atomic E-state index is 14.0. The summed E-state index contributed by atoms with van der Waals surface area (Å²) in [6.45, 7) is -0.224. The Morgan fingerprint density at radius 1 is 0.351 bits per heavy atom. The third-order valence-electron chi connectivity index (χ3n) is 11.3. The van der Waals surface area contributed by atoms with Crippen LogP contribution >= 0.6 is 11.8 Å². The van der Waals surface area contributed by atoms with Gasteiger partial charge in [-0.2, -0.15) is 0 Å². The molecule has 0 amide bonds. The molecule has 0 unspecified atom stereocenters. The van der Waals surface area contributed by atoms with E-state index >= 15 is 0 Å². The van der Waals surface area contributed by atoms with Crippen molar-refractivity contribution in [1.29, 1.82) is 0 Å². The van der Waals surface area contributed by atoms with Crippen LogP contribution in [-0.4, -0.2) is 24.8 Å². The topological polar surface area (TPSA) is 52.6 Å². The number of hydrogen-bond acceptors (Lipinski definition) is 5. The number of fused-ring (bicyclic) bond motifs is 2. The van der Waals surface area contributed by atoms with Crippen LogP contribution in [0.4, 0.5) is 0 Å². The van der Waals surface area contributed by atoms with E-state index < -0.39 is 0 Å². The first-order valence-corrected chi connectivity index (χ1v) is 19.8. The van der Waals surface area contributed by atoms with Crippen molar-refractivity contribution in [3.05, 3.63) is 181 Å². The van der Waals surface area contributed by atoms with Gasteiger partial charge in [-0.15, -0.1) is 0 Å². The van der Waals surface area contributed by atoms with Crippen LogP contribution in [0.3, 0.4) is 0 Å². The normalized spacial score (nSPS) is 11.9. The fourth-order valence-corrected chi connectivity index (χ4v) is 9.72. The second-order valence-electron chi connectivity index (χ2n) is 14.5. The number of rotatable bonds is 10. The molecular formula is C52H32O4S. The second kappa shape index (κ2) is 13.4. The van der Waals surface area contributed by atoms with Gasteiger partial charge in [-0.1, -0.05) is 157 Å². The van der Waals surface area contributed by atoms with Crippen LogP contribution in [0, 0.1) is 0 Å². The minimum Gasteiger partial charge on any atom is -0.484 e. The molecule has 4 nitrogen and oxygen atoms in total. The molecule has 0 radical (unpaired) electrons. The molecule has 0 saturated heterocycles. The number of carbonyl (C=O) groups is 2. The highest BCUT2D eigenvalue weighted by molar-refractivity contribution is 7.99. The SMILES string of the molecule is O=C(COc1ccccc1Sc1ccccc1OCC(=O)c1ccc2ccc3cccc4ccc1c2c34)c1ccc2c3cccc4cccc(c5cccc1c52)c43. The maximum absolute atomic E-state index is 14.0. The van der Waals surface area contributed by atoms with E-state index in [9.17, 15) is 9.59 Å². The first-order valence-electron chi connectivity index (χ1n) is 19.0. The lowest BCUT2D eigenvalue weighted by Gasteiger charge is -2.16. The highest BCUT2D eigenvalue weighted by Gasteiger charge is 2.20. The first-order chi connectivity index (χ1) is 28.1. The van der Waals surface area contributed by atoms with Gasteiger partial charge in [-0.25, -0.2) is 0 Å². The lowest BCUT2D eigenvalue weighted by molar-refractivity contribution is 0.0915. The van der Waals surface area contributed by atoms with Crippen LogP contribution < -0.4 is 9.47 Å². The Hall–Kier alpha value is -6.95. The molecule has 0 N–H and O–H groups in total. The standard InChI is InChI=1S/C52H32O4S/c53-43(35-25-23-34-22-21-32-9-5-10-33-24-26-41(35)51(34)49(32)33)29-55-45-17-1-3-19-47(45)57-48-20-4-2-18-46(48)56-30-44(54)36-27-28-42-39-14-7-12-31-11-6-13-38(50(31)39)40-16-8-15-37(36)52(40)42/h1-28H,29-30H2. The van der Waals surface area contributed by atoms with Crippen molar-refractivity contribution in [3.8, 4) is 11.5 Å². The van der Waals surface area contributed by atoms with Gasteiger partial charge in [0.2, 0.25) is 11.6 Å². The monoisotopic (exact) mass is 752 g/mol. The highest BCUT2D eigenvalue weighted by Crippen LogP contribution is 2.43. The van der Waals surface area contributed by atoms with E-state index in [2.05, 4.69) is 91.0 Å². The van der Waals surface area contributed by atoms with Gasteiger partial charge < -0.3 is 9.47 Å². The summed E-state index contributed by atoms with van der Waals surface area (Å²) in [5.41, 5.74) is 1.28. The molecule has 5 heteroatoms. The number of benzene rings is 11. The third-order valence-corrected chi connectivity index (χ3v) is 12.4. The minimum absolute atomic E-state index is 0.0880. The summed E-state index contributed by atoms with van der Waals surface area (Å²) < 4.78 is 12.6. The summed E-state index contributed by atoms with van der Waals surface area (Å²) in [5, 5.41) is 15.8. The van der Waals surface area contributed by atoms with E-state index in [1.165, 1.54) is 38.7 Å². The van der Waals surface area contributed by atoms with Crippen LogP contribution in [0.15, 0.2) is 180 Å². The van der Waals surface area contributed by atoms with Gasteiger partial charge in [-0.05, 0) is 99.7 Å². The van der Waals surface area contributed by atoms with Gasteiger partial charge in [0.15, 0.2) is 13.2 Å². The van der Waals surface area contributed by atoms with Gasteiger partial charge >= 0.3 is 0 Å². The molecule has 0 fully saturated rings. The van der Waals surface area contributed by atoms with Gasteiger partial charge in [0.05, 0.1) is 9.79 Å². The molecule has 0 aliphatic rings. The Bertz CT molecular complexity index is 3320. The number of carbonyl (C=O) groups excluding carboxylic acids is 2. The van der Waals surface area contributed by atoms with Crippen LogP contribution in [0.25, 0.3) is 75.4 Å². The summed E-state index contributed by atoms with van der Waals surface area (Å²) in [7, 11) is 0. The molecule has 0 aromatic heterocycles. The van der Waals surface area contributed by atoms with E-state index in [0.717, 1.165) is 58.3 Å². The van der Waals surface area contributed by atoms with Crippen molar-refractivity contribution in [1.82, 2.24) is 0 Å². The van der Waals surface area contributed by atoms with Crippen LogP contribution in [-0.2, 0) is 0 Å². The van der Waals surface area contributed by atoms with E-state index in [1.54, 1.807) is 0 Å². The van der Waals surface area contributed by atoms with Crippen molar-refractivity contribution >= 4 is 98.7 Å². The Balaban J connectivity index is 0.844. The van der Waals surface area contributed by atoms with Crippen molar-refractivity contribution < 1.29 is 19.1 Å². The smallest absolute Gasteiger partial charge is 0.200 e. The van der Waals surface area contributed by atoms with Crippen LogP contribution in [0.1, 0.15) is 20.7 Å². The third kappa shape index (κ3) is 5.46. The number of ketones is 2.